The number of hydrogen-bond acceptors (Lipinski definition) is 4. The Kier molecular flexibility index (Phi) is 4.28. The lowest BCUT2D eigenvalue weighted by Gasteiger charge is -2.02. The second kappa shape index (κ2) is 5.29. The number of aliphatic hydroxyl groups excluding tert-OH is 1. The minimum Gasteiger partial charge on any atom is -0.385 e. The van der Waals surface area contributed by atoms with Crippen LogP contribution in [0.25, 0.3) is 0 Å². The fourth-order valence-corrected chi connectivity index (χ4v) is 1.16. The quantitative estimate of drug-likeness (QED) is 0.855. The smallest absolute Gasteiger partial charge is 0.385 e. The van der Waals surface area contributed by atoms with Crippen molar-refractivity contribution in [2.75, 3.05) is 0 Å². The lowest BCUT2D eigenvalue weighted by molar-refractivity contribution is -0.134. The molecule has 1 aromatic heterocycles. The van der Waals surface area contributed by atoms with Crippen molar-refractivity contribution in [3.8, 4) is 0 Å². The summed E-state index contributed by atoms with van der Waals surface area (Å²) in [5, 5.41) is 12.9. The van der Waals surface area contributed by atoms with Crippen LogP contribution in [0.3, 0.4) is 0 Å². The molecule has 0 amide bonds. The molecular weight excluding hydrogens is 225 g/mol. The summed E-state index contributed by atoms with van der Waals surface area (Å²) >= 11 is 0. The van der Waals surface area contributed by atoms with Crippen LogP contribution in [0.2, 0.25) is 0 Å². The van der Waals surface area contributed by atoms with Gasteiger partial charge in [0.25, 0.3) is 0 Å². The van der Waals surface area contributed by atoms with Gasteiger partial charge >= 0.3 is 6.18 Å². The van der Waals surface area contributed by atoms with Crippen LogP contribution in [0.4, 0.5) is 13.2 Å². The standard InChI is InChI=1S/C9H13F3N2O2/c1-2-3-6(15)8-13-7(16-14-8)4-5-9(10,11)12/h6,15H,2-5H2,1H3. The monoisotopic (exact) mass is 238 g/mol. The Morgan fingerprint density at radius 2 is 2.12 bits per heavy atom. The van der Waals surface area contributed by atoms with Gasteiger partial charge in [-0.2, -0.15) is 18.2 Å². The molecule has 16 heavy (non-hydrogen) atoms. The predicted molar refractivity (Wildman–Crippen MR) is 48.5 cm³/mol. The van der Waals surface area contributed by atoms with Crippen molar-refractivity contribution < 1.29 is 22.8 Å². The molecule has 0 radical (unpaired) electrons. The summed E-state index contributed by atoms with van der Waals surface area (Å²) in [5.74, 6) is -0.0403. The maximum absolute atomic E-state index is 11.9. The van der Waals surface area contributed by atoms with Gasteiger partial charge < -0.3 is 9.63 Å². The third-order valence-corrected chi connectivity index (χ3v) is 1.97. The second-order valence-corrected chi connectivity index (χ2v) is 3.47. The first kappa shape index (κ1) is 13.0. The van der Waals surface area contributed by atoms with E-state index in [2.05, 4.69) is 14.7 Å². The molecule has 0 fully saturated rings. The van der Waals surface area contributed by atoms with E-state index in [4.69, 9.17) is 0 Å². The van der Waals surface area contributed by atoms with E-state index in [0.717, 1.165) is 6.42 Å². The van der Waals surface area contributed by atoms with Crippen molar-refractivity contribution >= 4 is 0 Å². The summed E-state index contributed by atoms with van der Waals surface area (Å²) in [7, 11) is 0. The molecule has 1 heterocycles. The first-order chi connectivity index (χ1) is 7.42. The van der Waals surface area contributed by atoms with Crippen molar-refractivity contribution in [1.29, 1.82) is 0 Å². The van der Waals surface area contributed by atoms with Gasteiger partial charge in [0.1, 0.15) is 6.10 Å². The highest BCUT2D eigenvalue weighted by atomic mass is 19.4. The highest BCUT2D eigenvalue weighted by molar-refractivity contribution is 4.90. The molecule has 1 rings (SSSR count). The van der Waals surface area contributed by atoms with Crippen molar-refractivity contribution in [2.24, 2.45) is 0 Å². The maximum Gasteiger partial charge on any atom is 0.389 e. The molecule has 0 saturated heterocycles. The zero-order valence-electron chi connectivity index (χ0n) is 8.79. The van der Waals surface area contributed by atoms with Crippen LogP contribution in [-0.2, 0) is 6.42 Å². The van der Waals surface area contributed by atoms with Crippen molar-refractivity contribution in [3.05, 3.63) is 11.7 Å². The minimum atomic E-state index is -4.24. The molecule has 0 aliphatic carbocycles. The summed E-state index contributed by atoms with van der Waals surface area (Å²) in [4.78, 5) is 3.70. The van der Waals surface area contributed by atoms with E-state index < -0.39 is 18.7 Å². The normalized spacial score (nSPS) is 14.1. The number of aromatic nitrogens is 2. The Morgan fingerprint density at radius 1 is 1.44 bits per heavy atom. The van der Waals surface area contributed by atoms with E-state index in [-0.39, 0.29) is 18.1 Å². The maximum atomic E-state index is 11.9. The van der Waals surface area contributed by atoms with Gasteiger partial charge in [-0.1, -0.05) is 18.5 Å². The molecule has 1 atom stereocenters. The molecule has 92 valence electrons. The van der Waals surface area contributed by atoms with Gasteiger partial charge in [0, 0.05) is 6.42 Å². The highest BCUT2D eigenvalue weighted by Gasteiger charge is 2.28. The van der Waals surface area contributed by atoms with E-state index in [1.807, 2.05) is 6.92 Å². The molecule has 1 N–H and O–H groups in total. The van der Waals surface area contributed by atoms with E-state index in [0.29, 0.717) is 6.42 Å². The number of halogens is 3. The summed E-state index contributed by atoms with van der Waals surface area (Å²) < 4.78 is 40.3. The zero-order valence-corrected chi connectivity index (χ0v) is 8.79. The number of alkyl halides is 3. The molecule has 0 spiro atoms. The number of hydrogen-bond donors (Lipinski definition) is 1. The van der Waals surface area contributed by atoms with Crippen LogP contribution >= 0.6 is 0 Å². The predicted octanol–water partition coefficient (Wildman–Crippen LogP) is 2.40. The van der Waals surface area contributed by atoms with Crippen LogP contribution in [0.15, 0.2) is 4.52 Å². The number of aryl methyl sites for hydroxylation is 1. The first-order valence-electron chi connectivity index (χ1n) is 4.99. The van der Waals surface area contributed by atoms with Crippen LogP contribution in [0, 0.1) is 0 Å². The number of rotatable bonds is 5. The molecule has 0 aliphatic heterocycles. The molecule has 1 unspecified atom stereocenters. The molecule has 0 aromatic carbocycles. The third kappa shape index (κ3) is 4.18. The molecule has 0 aliphatic rings. The van der Waals surface area contributed by atoms with Gasteiger partial charge in [-0.3, -0.25) is 0 Å². The largest absolute Gasteiger partial charge is 0.389 e. The van der Waals surface area contributed by atoms with Gasteiger partial charge in [0.15, 0.2) is 5.82 Å². The van der Waals surface area contributed by atoms with Crippen molar-refractivity contribution in [2.45, 2.75) is 44.9 Å². The van der Waals surface area contributed by atoms with Gasteiger partial charge in [-0.05, 0) is 6.42 Å². The fraction of sp³-hybridized carbons (Fsp3) is 0.778. The number of aliphatic hydroxyl groups is 1. The summed E-state index contributed by atoms with van der Waals surface area (Å²) in [5.41, 5.74) is 0. The molecule has 7 heteroatoms. The molecule has 1 aromatic rings. The first-order valence-corrected chi connectivity index (χ1v) is 4.99. The topological polar surface area (TPSA) is 59.2 Å². The zero-order chi connectivity index (χ0) is 12.2. The van der Waals surface area contributed by atoms with E-state index in [1.54, 1.807) is 0 Å². The average Bonchev–Trinajstić information content (AvgIpc) is 2.62. The lowest BCUT2D eigenvalue weighted by Crippen LogP contribution is -2.08. The second-order valence-electron chi connectivity index (χ2n) is 3.47. The Balaban J connectivity index is 2.51. The van der Waals surface area contributed by atoms with Crippen LogP contribution in [0.5, 0.6) is 0 Å². The molecule has 0 bridgehead atoms. The van der Waals surface area contributed by atoms with Gasteiger partial charge in [0.2, 0.25) is 5.89 Å². The van der Waals surface area contributed by atoms with Crippen LogP contribution < -0.4 is 0 Å². The lowest BCUT2D eigenvalue weighted by atomic mass is 10.2. The SMILES string of the molecule is CCCC(O)c1noc(CCC(F)(F)F)n1. The fourth-order valence-electron chi connectivity index (χ4n) is 1.16. The molecular formula is C9H13F3N2O2. The van der Waals surface area contributed by atoms with Crippen molar-refractivity contribution in [1.82, 2.24) is 10.1 Å². The summed E-state index contributed by atoms with van der Waals surface area (Å²) in [6.07, 6.45) is -5.27. The van der Waals surface area contributed by atoms with E-state index in [1.165, 1.54) is 0 Å². The Bertz CT molecular complexity index is 325. The van der Waals surface area contributed by atoms with Gasteiger partial charge in [-0.15, -0.1) is 0 Å². The van der Waals surface area contributed by atoms with E-state index in [9.17, 15) is 18.3 Å². The highest BCUT2D eigenvalue weighted by Crippen LogP contribution is 2.22. The van der Waals surface area contributed by atoms with Crippen LogP contribution in [-0.4, -0.2) is 21.4 Å². The van der Waals surface area contributed by atoms with Crippen LogP contribution in [0.1, 0.15) is 44.0 Å². The Morgan fingerprint density at radius 3 is 2.69 bits per heavy atom. The molecule has 0 saturated carbocycles. The minimum absolute atomic E-state index is 0.0547. The van der Waals surface area contributed by atoms with Crippen molar-refractivity contribution in [3.63, 3.8) is 0 Å². The third-order valence-electron chi connectivity index (χ3n) is 1.97. The Labute approximate surface area is 90.5 Å². The summed E-state index contributed by atoms with van der Waals surface area (Å²) in [6, 6.07) is 0. The van der Waals surface area contributed by atoms with Gasteiger partial charge in [-0.25, -0.2) is 0 Å². The van der Waals surface area contributed by atoms with Gasteiger partial charge in [0.05, 0.1) is 6.42 Å². The Hall–Kier alpha value is -1.11. The number of nitrogens with zero attached hydrogens (tertiary/aromatic N) is 2. The molecule has 4 nitrogen and oxygen atoms in total. The average molecular weight is 238 g/mol. The summed E-state index contributed by atoms with van der Waals surface area (Å²) in [6.45, 7) is 1.87. The van der Waals surface area contributed by atoms with E-state index >= 15 is 0 Å².